The van der Waals surface area contributed by atoms with Gasteiger partial charge in [-0.2, -0.15) is 0 Å². The highest BCUT2D eigenvalue weighted by molar-refractivity contribution is 6.32. The highest BCUT2D eigenvalue weighted by Crippen LogP contribution is 2.24. The van der Waals surface area contributed by atoms with Gasteiger partial charge in [0.25, 0.3) is 0 Å². The molecule has 0 aliphatic heterocycles. The summed E-state index contributed by atoms with van der Waals surface area (Å²) in [7, 11) is 0. The summed E-state index contributed by atoms with van der Waals surface area (Å²) >= 11 is 6.01. The largest absolute Gasteiger partial charge is 0.484 e. The first-order valence-electron chi connectivity index (χ1n) is 6.86. The van der Waals surface area contributed by atoms with Crippen molar-refractivity contribution in [1.82, 2.24) is 20.2 Å². The number of hydrogen-bond donors (Lipinski definition) is 1. The number of hydrogen-bond acceptors (Lipinski definition) is 5. The Balaban J connectivity index is 2.15. The lowest BCUT2D eigenvalue weighted by molar-refractivity contribution is -0.141. The van der Waals surface area contributed by atoms with Crippen molar-refractivity contribution in [2.45, 2.75) is 32.9 Å². The Morgan fingerprint density at radius 3 is 2.77 bits per heavy atom. The molecule has 0 spiro atoms. The van der Waals surface area contributed by atoms with Gasteiger partial charge in [-0.3, -0.25) is 0 Å². The Hall–Kier alpha value is -2.15. The van der Waals surface area contributed by atoms with Gasteiger partial charge in [-0.1, -0.05) is 37.6 Å². The molecule has 0 aliphatic carbocycles. The minimum absolute atomic E-state index is 0.0403. The van der Waals surface area contributed by atoms with E-state index in [1.165, 1.54) is 4.68 Å². The molecule has 2 rings (SSSR count). The zero-order valence-electron chi connectivity index (χ0n) is 12.3. The van der Waals surface area contributed by atoms with Gasteiger partial charge in [0.15, 0.2) is 11.9 Å². The van der Waals surface area contributed by atoms with Crippen LogP contribution in [-0.2, 0) is 11.4 Å². The summed E-state index contributed by atoms with van der Waals surface area (Å²) in [6.07, 6.45) is 0.430. The first-order valence-corrected chi connectivity index (χ1v) is 7.23. The average Bonchev–Trinajstić information content (AvgIpc) is 2.91. The molecule has 8 heteroatoms. The maximum atomic E-state index is 11.4. The van der Waals surface area contributed by atoms with Crippen molar-refractivity contribution < 1.29 is 14.6 Å². The summed E-state index contributed by atoms with van der Waals surface area (Å²) in [5.74, 6) is 0.0602. The zero-order valence-corrected chi connectivity index (χ0v) is 13.1. The predicted molar refractivity (Wildman–Crippen MR) is 79.7 cm³/mol. The number of carbonyl (C=O) groups is 1. The molecule has 7 nitrogen and oxygen atoms in total. The number of carboxylic acids is 1. The molecule has 1 heterocycles. The number of benzene rings is 1. The van der Waals surface area contributed by atoms with E-state index in [9.17, 15) is 9.90 Å². The molecule has 1 N–H and O–H groups in total. The number of aliphatic carboxylic acids is 1. The van der Waals surface area contributed by atoms with Crippen molar-refractivity contribution in [3.63, 3.8) is 0 Å². The van der Waals surface area contributed by atoms with E-state index < -0.39 is 12.0 Å². The Bertz CT molecular complexity index is 645. The number of para-hydroxylation sites is 1. The molecule has 1 aromatic heterocycles. The molecule has 0 fully saturated rings. The van der Waals surface area contributed by atoms with E-state index in [1.807, 2.05) is 13.8 Å². The second-order valence-electron chi connectivity index (χ2n) is 5.24. The van der Waals surface area contributed by atoms with Gasteiger partial charge in [-0.15, -0.1) is 5.10 Å². The Labute approximate surface area is 132 Å². The van der Waals surface area contributed by atoms with E-state index in [0.717, 1.165) is 0 Å². The van der Waals surface area contributed by atoms with Crippen LogP contribution in [0.15, 0.2) is 24.3 Å². The monoisotopic (exact) mass is 324 g/mol. The highest BCUT2D eigenvalue weighted by Gasteiger charge is 2.25. The number of tetrazole rings is 1. The molecular weight excluding hydrogens is 308 g/mol. The number of aromatic nitrogens is 4. The van der Waals surface area contributed by atoms with E-state index in [0.29, 0.717) is 23.0 Å². The maximum absolute atomic E-state index is 11.4. The van der Waals surface area contributed by atoms with Gasteiger partial charge in [0, 0.05) is 0 Å². The number of halogens is 1. The van der Waals surface area contributed by atoms with Crippen LogP contribution in [0, 0.1) is 5.92 Å². The van der Waals surface area contributed by atoms with Crippen molar-refractivity contribution in [2.24, 2.45) is 5.92 Å². The predicted octanol–water partition coefficient (Wildman–Crippen LogP) is 2.58. The highest BCUT2D eigenvalue weighted by atomic mass is 35.5. The second kappa shape index (κ2) is 7.22. The fourth-order valence-corrected chi connectivity index (χ4v) is 2.20. The normalized spacial score (nSPS) is 12.4. The average molecular weight is 325 g/mol. The molecule has 0 saturated heterocycles. The molecule has 0 amide bonds. The van der Waals surface area contributed by atoms with E-state index in [-0.39, 0.29) is 12.5 Å². The number of carboxylic acid groups (broad SMARTS) is 1. The minimum atomic E-state index is -0.972. The molecule has 2 aromatic rings. The van der Waals surface area contributed by atoms with E-state index in [4.69, 9.17) is 16.3 Å². The van der Waals surface area contributed by atoms with Crippen molar-refractivity contribution >= 4 is 17.6 Å². The first kappa shape index (κ1) is 16.2. The van der Waals surface area contributed by atoms with Crippen LogP contribution in [0.2, 0.25) is 5.02 Å². The Morgan fingerprint density at radius 1 is 1.41 bits per heavy atom. The number of rotatable bonds is 7. The van der Waals surface area contributed by atoms with Crippen LogP contribution >= 0.6 is 11.6 Å². The van der Waals surface area contributed by atoms with Crippen LogP contribution in [-0.4, -0.2) is 31.3 Å². The molecule has 1 atom stereocenters. The third kappa shape index (κ3) is 3.94. The van der Waals surface area contributed by atoms with Gasteiger partial charge in [0.1, 0.15) is 12.4 Å². The van der Waals surface area contributed by atoms with E-state index in [1.54, 1.807) is 24.3 Å². The zero-order chi connectivity index (χ0) is 16.1. The van der Waals surface area contributed by atoms with Gasteiger partial charge in [-0.05, 0) is 34.9 Å². The summed E-state index contributed by atoms with van der Waals surface area (Å²) in [6.45, 7) is 3.93. The maximum Gasteiger partial charge on any atom is 0.328 e. The number of ether oxygens (including phenoxy) is 1. The van der Waals surface area contributed by atoms with Crippen LogP contribution in [0.25, 0.3) is 0 Å². The molecule has 0 saturated carbocycles. The van der Waals surface area contributed by atoms with E-state index in [2.05, 4.69) is 15.5 Å². The molecule has 1 unspecified atom stereocenters. The molecular formula is C14H17ClN4O3. The second-order valence-corrected chi connectivity index (χ2v) is 5.65. The third-order valence-corrected chi connectivity index (χ3v) is 3.34. The lowest BCUT2D eigenvalue weighted by Gasteiger charge is -2.16. The third-order valence-electron chi connectivity index (χ3n) is 3.03. The minimum Gasteiger partial charge on any atom is -0.484 e. The molecule has 0 bridgehead atoms. The van der Waals surface area contributed by atoms with Crippen molar-refractivity contribution in [3.05, 3.63) is 35.1 Å². The molecule has 0 aliphatic rings. The molecule has 0 radical (unpaired) electrons. The standard InChI is InChI=1S/C14H17ClN4O3/c1-9(2)7-11(14(20)21)19-13(16-17-18-19)8-22-12-6-4-3-5-10(12)15/h3-6,9,11H,7-8H2,1-2H3,(H,20,21). The summed E-state index contributed by atoms with van der Waals surface area (Å²) in [4.78, 5) is 11.4. The fourth-order valence-electron chi connectivity index (χ4n) is 2.01. The molecule has 1 aromatic carbocycles. The smallest absolute Gasteiger partial charge is 0.328 e. The van der Waals surface area contributed by atoms with Gasteiger partial charge in [-0.25, -0.2) is 9.48 Å². The van der Waals surface area contributed by atoms with Crippen LogP contribution < -0.4 is 4.74 Å². The van der Waals surface area contributed by atoms with Crippen LogP contribution in [0.1, 0.15) is 32.1 Å². The van der Waals surface area contributed by atoms with Gasteiger partial charge < -0.3 is 9.84 Å². The quantitative estimate of drug-likeness (QED) is 0.841. The van der Waals surface area contributed by atoms with Crippen molar-refractivity contribution in [1.29, 1.82) is 0 Å². The molecule has 22 heavy (non-hydrogen) atoms. The summed E-state index contributed by atoms with van der Waals surface area (Å²) in [5.41, 5.74) is 0. The summed E-state index contributed by atoms with van der Waals surface area (Å²) in [6, 6.07) is 6.20. The summed E-state index contributed by atoms with van der Waals surface area (Å²) in [5, 5.41) is 21.0. The van der Waals surface area contributed by atoms with Crippen LogP contribution in [0.3, 0.4) is 0 Å². The van der Waals surface area contributed by atoms with Crippen LogP contribution in [0.4, 0.5) is 0 Å². The van der Waals surface area contributed by atoms with Crippen LogP contribution in [0.5, 0.6) is 5.75 Å². The van der Waals surface area contributed by atoms with Crippen molar-refractivity contribution in [3.8, 4) is 5.75 Å². The Morgan fingerprint density at radius 2 is 2.14 bits per heavy atom. The van der Waals surface area contributed by atoms with Gasteiger partial charge >= 0.3 is 5.97 Å². The SMILES string of the molecule is CC(C)CC(C(=O)O)n1nnnc1COc1ccccc1Cl. The summed E-state index contributed by atoms with van der Waals surface area (Å²) < 4.78 is 6.86. The number of nitrogens with zero attached hydrogens (tertiary/aromatic N) is 4. The van der Waals surface area contributed by atoms with Gasteiger partial charge in [0.05, 0.1) is 5.02 Å². The topological polar surface area (TPSA) is 90.1 Å². The van der Waals surface area contributed by atoms with Crippen molar-refractivity contribution in [2.75, 3.05) is 0 Å². The fraction of sp³-hybridized carbons (Fsp3) is 0.429. The first-order chi connectivity index (χ1) is 10.5. The lowest BCUT2D eigenvalue weighted by Crippen LogP contribution is -2.24. The molecule has 118 valence electrons. The Kier molecular flexibility index (Phi) is 5.32. The van der Waals surface area contributed by atoms with E-state index >= 15 is 0 Å². The van der Waals surface area contributed by atoms with Gasteiger partial charge in [0.2, 0.25) is 0 Å². The lowest BCUT2D eigenvalue weighted by atomic mass is 10.0.